The monoisotopic (exact) mass is 442 g/mol. The molecule has 9 heteroatoms. The maximum absolute atomic E-state index is 12.8. The molecule has 0 saturated carbocycles. The van der Waals surface area contributed by atoms with Gasteiger partial charge < -0.3 is 19.4 Å². The minimum Gasteiger partial charge on any atom is -0.465 e. The first-order valence-electron chi connectivity index (χ1n) is 9.95. The zero-order valence-corrected chi connectivity index (χ0v) is 18.1. The average Bonchev–Trinajstić information content (AvgIpc) is 3.15. The molecule has 1 fully saturated rings. The van der Waals surface area contributed by atoms with Crippen LogP contribution < -0.4 is 5.32 Å². The van der Waals surface area contributed by atoms with Crippen molar-refractivity contribution in [3.05, 3.63) is 58.4 Å². The fourth-order valence-electron chi connectivity index (χ4n) is 3.56. The molecule has 2 aromatic carbocycles. The van der Waals surface area contributed by atoms with Crippen LogP contribution in [0.1, 0.15) is 21.8 Å². The molecule has 1 aliphatic rings. The molecule has 3 aromatic rings. The molecular formula is C22H23ClN4O4. The first-order valence-corrected chi connectivity index (χ1v) is 10.3. The largest absolute Gasteiger partial charge is 0.465 e. The van der Waals surface area contributed by atoms with Crippen molar-refractivity contribution in [2.24, 2.45) is 0 Å². The lowest BCUT2D eigenvalue weighted by atomic mass is 10.1. The highest BCUT2D eigenvalue weighted by atomic mass is 35.5. The molecule has 8 nitrogen and oxygen atoms in total. The summed E-state index contributed by atoms with van der Waals surface area (Å²) < 4.78 is 10.6. The number of piperazine rings is 1. The number of urea groups is 1. The summed E-state index contributed by atoms with van der Waals surface area (Å²) >= 11 is 6.01. The number of aryl methyl sites for hydroxylation is 1. The number of amides is 2. The van der Waals surface area contributed by atoms with Crippen LogP contribution in [0.25, 0.3) is 11.1 Å². The molecule has 162 valence electrons. The fraction of sp³-hybridized carbons (Fsp3) is 0.318. The van der Waals surface area contributed by atoms with Crippen LogP contribution in [-0.4, -0.2) is 60.1 Å². The van der Waals surface area contributed by atoms with Crippen LogP contribution in [0.2, 0.25) is 5.02 Å². The van der Waals surface area contributed by atoms with Crippen molar-refractivity contribution in [3.8, 4) is 0 Å². The summed E-state index contributed by atoms with van der Waals surface area (Å²) in [6.45, 7) is 4.94. The second-order valence-corrected chi connectivity index (χ2v) is 7.89. The van der Waals surface area contributed by atoms with Crippen molar-refractivity contribution in [1.29, 1.82) is 0 Å². The van der Waals surface area contributed by atoms with E-state index >= 15 is 0 Å². The maximum atomic E-state index is 12.8. The third-order valence-corrected chi connectivity index (χ3v) is 5.47. The van der Waals surface area contributed by atoms with E-state index in [9.17, 15) is 9.59 Å². The van der Waals surface area contributed by atoms with E-state index in [0.29, 0.717) is 60.5 Å². The molecule has 31 heavy (non-hydrogen) atoms. The highest BCUT2D eigenvalue weighted by Gasteiger charge is 2.24. The van der Waals surface area contributed by atoms with Crippen molar-refractivity contribution >= 4 is 40.4 Å². The smallest absolute Gasteiger partial charge is 0.339 e. The molecule has 0 aliphatic carbocycles. The van der Waals surface area contributed by atoms with Crippen molar-refractivity contribution in [1.82, 2.24) is 14.8 Å². The zero-order chi connectivity index (χ0) is 22.0. The Balaban J connectivity index is 1.36. The Bertz CT molecular complexity index is 1120. The predicted molar refractivity (Wildman–Crippen MR) is 117 cm³/mol. The van der Waals surface area contributed by atoms with Gasteiger partial charge in [-0.2, -0.15) is 0 Å². The lowest BCUT2D eigenvalue weighted by Crippen LogP contribution is -2.49. The number of hydrogen-bond donors (Lipinski definition) is 1. The summed E-state index contributed by atoms with van der Waals surface area (Å²) in [5, 5.41) is 3.47. The van der Waals surface area contributed by atoms with Crippen molar-refractivity contribution in [2.45, 2.75) is 13.5 Å². The second kappa shape index (κ2) is 8.95. The molecule has 2 heterocycles. The number of hydrogen-bond acceptors (Lipinski definition) is 6. The number of fused-ring (bicyclic) bond motifs is 1. The number of nitrogens with zero attached hydrogens (tertiary/aromatic N) is 3. The van der Waals surface area contributed by atoms with Crippen molar-refractivity contribution in [3.63, 3.8) is 0 Å². The average molecular weight is 443 g/mol. The Morgan fingerprint density at radius 2 is 1.94 bits per heavy atom. The van der Waals surface area contributed by atoms with Gasteiger partial charge in [-0.3, -0.25) is 4.90 Å². The van der Waals surface area contributed by atoms with E-state index < -0.39 is 5.97 Å². The maximum Gasteiger partial charge on any atom is 0.339 e. The highest BCUT2D eigenvalue weighted by Crippen LogP contribution is 2.22. The standard InChI is InChI=1S/C22H23ClN4O4/c1-14-3-5-16(21(28)30-2)17(11-14)25-22(29)27-9-7-26(8-10-27)13-20-24-18-12-15(23)4-6-19(18)31-20/h3-6,11-12H,7-10,13H2,1-2H3,(H,25,29). The number of carbonyl (C=O) groups excluding carboxylic acids is 2. The third-order valence-electron chi connectivity index (χ3n) is 5.23. The van der Waals surface area contributed by atoms with E-state index in [-0.39, 0.29) is 6.03 Å². The number of rotatable bonds is 4. The molecule has 0 atom stereocenters. The first-order chi connectivity index (χ1) is 14.9. The van der Waals surface area contributed by atoms with Gasteiger partial charge in [0.15, 0.2) is 5.58 Å². The lowest BCUT2D eigenvalue weighted by molar-refractivity contribution is 0.0602. The Morgan fingerprint density at radius 3 is 2.68 bits per heavy atom. The van der Waals surface area contributed by atoms with Gasteiger partial charge >= 0.3 is 12.0 Å². The second-order valence-electron chi connectivity index (χ2n) is 7.45. The molecular weight excluding hydrogens is 420 g/mol. The number of anilines is 1. The van der Waals surface area contributed by atoms with E-state index in [1.165, 1.54) is 7.11 Å². The number of methoxy groups -OCH3 is 1. The number of halogens is 1. The van der Waals surface area contributed by atoms with Crippen LogP contribution in [-0.2, 0) is 11.3 Å². The lowest BCUT2D eigenvalue weighted by Gasteiger charge is -2.34. The summed E-state index contributed by atoms with van der Waals surface area (Å²) in [6, 6.07) is 10.3. The fourth-order valence-corrected chi connectivity index (χ4v) is 3.73. The molecule has 4 rings (SSSR count). The summed E-state index contributed by atoms with van der Waals surface area (Å²) in [5.41, 5.74) is 3.16. The number of ether oxygens (including phenoxy) is 1. The highest BCUT2D eigenvalue weighted by molar-refractivity contribution is 6.31. The zero-order valence-electron chi connectivity index (χ0n) is 17.4. The van der Waals surface area contributed by atoms with E-state index in [1.54, 1.807) is 35.2 Å². The van der Waals surface area contributed by atoms with Crippen LogP contribution in [0.5, 0.6) is 0 Å². The van der Waals surface area contributed by atoms with Gasteiger partial charge in [-0.25, -0.2) is 14.6 Å². The van der Waals surface area contributed by atoms with Gasteiger partial charge in [-0.1, -0.05) is 17.7 Å². The van der Waals surface area contributed by atoms with Crippen molar-refractivity contribution in [2.75, 3.05) is 38.6 Å². The van der Waals surface area contributed by atoms with Gasteiger partial charge in [0, 0.05) is 31.2 Å². The molecule has 1 aromatic heterocycles. The summed E-state index contributed by atoms with van der Waals surface area (Å²) in [5.74, 6) is 0.136. The Hall–Kier alpha value is -3.10. The topological polar surface area (TPSA) is 87.9 Å². The quantitative estimate of drug-likeness (QED) is 0.616. The van der Waals surface area contributed by atoms with Gasteiger partial charge in [0.1, 0.15) is 5.52 Å². The Kier molecular flexibility index (Phi) is 6.11. The summed E-state index contributed by atoms with van der Waals surface area (Å²) in [6.07, 6.45) is 0. The minimum absolute atomic E-state index is 0.244. The third kappa shape index (κ3) is 4.81. The van der Waals surface area contributed by atoms with Gasteiger partial charge in [-0.05, 0) is 42.8 Å². The van der Waals surface area contributed by atoms with E-state index in [2.05, 4.69) is 15.2 Å². The molecule has 1 aliphatic heterocycles. The minimum atomic E-state index is -0.486. The van der Waals surface area contributed by atoms with Gasteiger partial charge in [-0.15, -0.1) is 0 Å². The summed E-state index contributed by atoms with van der Waals surface area (Å²) in [7, 11) is 1.32. The number of benzene rings is 2. The molecule has 1 N–H and O–H groups in total. The van der Waals surface area contributed by atoms with E-state index in [1.807, 2.05) is 13.0 Å². The molecule has 0 spiro atoms. The van der Waals surface area contributed by atoms with Crippen LogP contribution >= 0.6 is 11.6 Å². The Morgan fingerprint density at radius 1 is 1.16 bits per heavy atom. The number of nitrogens with one attached hydrogen (secondary N) is 1. The van der Waals surface area contributed by atoms with Crippen LogP contribution in [0.4, 0.5) is 10.5 Å². The van der Waals surface area contributed by atoms with Gasteiger partial charge in [0.05, 0.1) is 24.9 Å². The molecule has 0 unspecified atom stereocenters. The van der Waals surface area contributed by atoms with Crippen molar-refractivity contribution < 1.29 is 18.7 Å². The Labute approximate surface area is 184 Å². The van der Waals surface area contributed by atoms with Crippen LogP contribution in [0, 0.1) is 6.92 Å². The molecule has 1 saturated heterocycles. The molecule has 0 radical (unpaired) electrons. The number of esters is 1. The summed E-state index contributed by atoms with van der Waals surface area (Å²) in [4.78, 5) is 33.1. The number of oxazole rings is 1. The van der Waals surface area contributed by atoms with Crippen LogP contribution in [0.15, 0.2) is 40.8 Å². The first kappa shape index (κ1) is 21.1. The SMILES string of the molecule is COC(=O)c1ccc(C)cc1NC(=O)N1CCN(Cc2nc3cc(Cl)ccc3o2)CC1. The van der Waals surface area contributed by atoms with Gasteiger partial charge in [0.2, 0.25) is 5.89 Å². The van der Waals surface area contributed by atoms with Crippen LogP contribution in [0.3, 0.4) is 0 Å². The molecule has 0 bridgehead atoms. The van der Waals surface area contributed by atoms with Gasteiger partial charge in [0.25, 0.3) is 0 Å². The van der Waals surface area contributed by atoms with E-state index in [0.717, 1.165) is 11.1 Å². The molecule has 2 amide bonds. The predicted octanol–water partition coefficient (Wildman–Crippen LogP) is 3.93. The number of aromatic nitrogens is 1. The normalized spacial score (nSPS) is 14.6. The number of carbonyl (C=O) groups is 2. The van der Waals surface area contributed by atoms with E-state index in [4.69, 9.17) is 20.8 Å².